The number of imidazole rings is 1. The third kappa shape index (κ3) is 4.90. The Bertz CT molecular complexity index is 1320. The fourth-order valence-corrected chi connectivity index (χ4v) is 3.79. The zero-order valence-corrected chi connectivity index (χ0v) is 19.3. The van der Waals surface area contributed by atoms with E-state index in [4.69, 9.17) is 9.88 Å². The van der Waals surface area contributed by atoms with Crippen molar-refractivity contribution in [2.45, 2.75) is 32.2 Å². The van der Waals surface area contributed by atoms with E-state index >= 15 is 0 Å². The molecule has 0 fully saturated rings. The van der Waals surface area contributed by atoms with Gasteiger partial charge in [0.05, 0.1) is 23.9 Å². The maximum Gasteiger partial charge on any atom is 0.238 e. The number of benzene rings is 2. The average Bonchev–Trinajstić information content (AvgIpc) is 3.23. The van der Waals surface area contributed by atoms with Gasteiger partial charge in [0.15, 0.2) is 11.5 Å². The van der Waals surface area contributed by atoms with Crippen molar-refractivity contribution in [3.05, 3.63) is 72.2 Å². The molecule has 0 bridgehead atoms. The summed E-state index contributed by atoms with van der Waals surface area (Å²) in [7, 11) is -2.05. The van der Waals surface area contributed by atoms with Crippen LogP contribution in [0.25, 0.3) is 16.9 Å². The van der Waals surface area contributed by atoms with Gasteiger partial charge in [-0.25, -0.2) is 23.5 Å². The Morgan fingerprint density at radius 1 is 1.09 bits per heavy atom. The molecule has 0 aliphatic heterocycles. The summed E-state index contributed by atoms with van der Waals surface area (Å²) in [4.78, 5) is 9.02. The van der Waals surface area contributed by atoms with Crippen LogP contribution in [0.3, 0.4) is 0 Å². The van der Waals surface area contributed by atoms with Crippen molar-refractivity contribution in [1.82, 2.24) is 14.4 Å². The van der Waals surface area contributed by atoms with Crippen LogP contribution in [0.1, 0.15) is 25.0 Å². The molecular weight excluding hydrogens is 426 g/mol. The highest BCUT2D eigenvalue weighted by atomic mass is 32.2. The molecule has 32 heavy (non-hydrogen) atoms. The van der Waals surface area contributed by atoms with E-state index in [9.17, 15) is 8.42 Å². The molecule has 2 heterocycles. The van der Waals surface area contributed by atoms with Gasteiger partial charge in [0, 0.05) is 24.5 Å². The molecule has 0 atom stereocenters. The Kier molecular flexibility index (Phi) is 7.12. The van der Waals surface area contributed by atoms with Crippen molar-refractivity contribution >= 4 is 21.5 Å². The van der Waals surface area contributed by atoms with Gasteiger partial charge in [-0.2, -0.15) is 0 Å². The fourth-order valence-electron chi connectivity index (χ4n) is 3.28. The second-order valence-electron chi connectivity index (χ2n) is 6.84. The van der Waals surface area contributed by atoms with Crippen molar-refractivity contribution in [3.63, 3.8) is 0 Å². The van der Waals surface area contributed by atoms with Crippen molar-refractivity contribution in [3.8, 4) is 17.0 Å². The smallest absolute Gasteiger partial charge is 0.238 e. The average molecular weight is 454 g/mol. The number of hydrogen-bond donors (Lipinski definition) is 2. The number of methoxy groups -OCH3 is 1. The molecule has 0 saturated carbocycles. The van der Waals surface area contributed by atoms with Crippen molar-refractivity contribution in [2.75, 3.05) is 12.4 Å². The molecule has 4 rings (SSSR count). The van der Waals surface area contributed by atoms with Gasteiger partial charge in [0.1, 0.15) is 5.75 Å². The molecule has 4 aromatic rings. The van der Waals surface area contributed by atoms with Gasteiger partial charge in [0.25, 0.3) is 0 Å². The number of nitrogens with zero attached hydrogens (tertiary/aromatic N) is 3. The molecule has 0 unspecified atom stereocenters. The van der Waals surface area contributed by atoms with Crippen LogP contribution in [0.4, 0.5) is 5.82 Å². The molecule has 0 aliphatic rings. The predicted octanol–water partition coefficient (Wildman–Crippen LogP) is 4.00. The molecule has 2 aromatic heterocycles. The highest BCUT2D eigenvalue weighted by molar-refractivity contribution is 7.89. The number of sulfonamides is 1. The summed E-state index contributed by atoms with van der Waals surface area (Å²) in [6.07, 6.45) is 5.38. The maximum atomic E-state index is 11.4. The molecule has 0 amide bonds. The lowest BCUT2D eigenvalue weighted by Gasteiger charge is -2.09. The molecular formula is C23H27N5O3S. The number of fused-ring (bicyclic) bond motifs is 1. The number of hydrogen-bond acceptors (Lipinski definition) is 6. The molecule has 9 heteroatoms. The molecule has 8 nitrogen and oxygen atoms in total. The standard InChI is InChI=1S/C21H21N5O3S.C2H6/c1-14-11-16(5-8-19(14)29-2)18-13-25-21-20(23-9-10-26(18)21)24-12-15-3-6-17(7-4-15)30(22,27)28;1-2/h3-11,13H,12H2,1-2H3,(H,23,24)(H2,22,27,28);1-2H3. The molecule has 0 saturated heterocycles. The summed E-state index contributed by atoms with van der Waals surface area (Å²) in [5.74, 6) is 1.47. The van der Waals surface area contributed by atoms with E-state index in [1.165, 1.54) is 12.1 Å². The lowest BCUT2D eigenvalue weighted by Crippen LogP contribution is -2.12. The van der Waals surface area contributed by atoms with E-state index in [0.29, 0.717) is 18.0 Å². The Labute approximate surface area is 188 Å². The molecule has 0 aliphatic carbocycles. The Morgan fingerprint density at radius 2 is 1.81 bits per heavy atom. The fraction of sp³-hybridized carbons (Fsp3) is 0.217. The quantitative estimate of drug-likeness (QED) is 0.456. The second-order valence-corrected chi connectivity index (χ2v) is 8.40. The summed E-state index contributed by atoms with van der Waals surface area (Å²) >= 11 is 0. The molecule has 0 spiro atoms. The van der Waals surface area contributed by atoms with E-state index in [1.54, 1.807) is 25.4 Å². The monoisotopic (exact) mass is 453 g/mol. The van der Waals surface area contributed by atoms with E-state index in [0.717, 1.165) is 28.1 Å². The zero-order valence-electron chi connectivity index (χ0n) is 18.5. The molecule has 2 aromatic carbocycles. The van der Waals surface area contributed by atoms with Crippen LogP contribution in [-0.4, -0.2) is 29.9 Å². The minimum atomic E-state index is -3.70. The normalized spacial score (nSPS) is 11.0. The lowest BCUT2D eigenvalue weighted by atomic mass is 10.1. The summed E-state index contributed by atoms with van der Waals surface area (Å²) in [6, 6.07) is 12.4. The van der Waals surface area contributed by atoms with Gasteiger partial charge in [-0.1, -0.05) is 26.0 Å². The van der Waals surface area contributed by atoms with E-state index < -0.39 is 10.0 Å². The van der Waals surface area contributed by atoms with Crippen LogP contribution in [0.5, 0.6) is 5.75 Å². The molecule has 168 valence electrons. The van der Waals surface area contributed by atoms with Crippen molar-refractivity contribution < 1.29 is 13.2 Å². The van der Waals surface area contributed by atoms with Gasteiger partial charge in [-0.05, 0) is 48.4 Å². The number of anilines is 1. The van der Waals surface area contributed by atoms with E-state index in [1.807, 2.05) is 49.7 Å². The van der Waals surface area contributed by atoms with Crippen molar-refractivity contribution in [1.29, 1.82) is 0 Å². The lowest BCUT2D eigenvalue weighted by molar-refractivity contribution is 0.412. The van der Waals surface area contributed by atoms with Gasteiger partial charge >= 0.3 is 0 Å². The van der Waals surface area contributed by atoms with E-state index in [-0.39, 0.29) is 4.90 Å². The minimum absolute atomic E-state index is 0.0826. The topological polar surface area (TPSA) is 112 Å². The summed E-state index contributed by atoms with van der Waals surface area (Å²) < 4.78 is 30.1. The Morgan fingerprint density at radius 3 is 2.44 bits per heavy atom. The third-order valence-electron chi connectivity index (χ3n) is 4.83. The number of nitrogens with one attached hydrogen (secondary N) is 1. The first-order chi connectivity index (χ1) is 15.4. The van der Waals surface area contributed by atoms with Crippen LogP contribution < -0.4 is 15.2 Å². The largest absolute Gasteiger partial charge is 0.496 e. The summed E-state index contributed by atoms with van der Waals surface area (Å²) in [5, 5.41) is 8.40. The number of primary sulfonamides is 1. The van der Waals surface area contributed by atoms with Crippen LogP contribution in [0.15, 0.2) is 66.0 Å². The van der Waals surface area contributed by atoms with Crippen LogP contribution in [0, 0.1) is 6.92 Å². The van der Waals surface area contributed by atoms with Crippen LogP contribution in [-0.2, 0) is 16.6 Å². The van der Waals surface area contributed by atoms with Gasteiger partial charge < -0.3 is 10.1 Å². The van der Waals surface area contributed by atoms with E-state index in [2.05, 4.69) is 21.4 Å². The number of nitrogens with two attached hydrogens (primary N) is 1. The highest BCUT2D eigenvalue weighted by Gasteiger charge is 2.12. The number of ether oxygens (including phenoxy) is 1. The van der Waals surface area contributed by atoms with Crippen LogP contribution >= 0.6 is 0 Å². The Hall–Kier alpha value is -3.43. The maximum absolute atomic E-state index is 11.4. The minimum Gasteiger partial charge on any atom is -0.496 e. The number of rotatable bonds is 6. The first kappa shape index (κ1) is 23.2. The molecule has 3 N–H and O–H groups in total. The highest BCUT2D eigenvalue weighted by Crippen LogP contribution is 2.28. The van der Waals surface area contributed by atoms with Gasteiger partial charge in [-0.3, -0.25) is 4.40 Å². The predicted molar refractivity (Wildman–Crippen MR) is 126 cm³/mol. The molecule has 0 radical (unpaired) electrons. The summed E-state index contributed by atoms with van der Waals surface area (Å²) in [6.45, 7) is 6.46. The van der Waals surface area contributed by atoms with Gasteiger partial charge in [0.2, 0.25) is 10.0 Å². The zero-order chi connectivity index (χ0) is 23.3. The Balaban J connectivity index is 0.00000141. The third-order valence-corrected chi connectivity index (χ3v) is 5.76. The first-order valence-electron chi connectivity index (χ1n) is 10.2. The van der Waals surface area contributed by atoms with Crippen LogP contribution in [0.2, 0.25) is 0 Å². The first-order valence-corrected chi connectivity index (χ1v) is 11.7. The van der Waals surface area contributed by atoms with Gasteiger partial charge in [-0.15, -0.1) is 0 Å². The summed E-state index contributed by atoms with van der Waals surface area (Å²) in [5.41, 5.74) is 4.60. The van der Waals surface area contributed by atoms with Crippen molar-refractivity contribution in [2.24, 2.45) is 5.14 Å². The second kappa shape index (κ2) is 9.80. The number of aryl methyl sites for hydroxylation is 1. The number of aromatic nitrogens is 3. The SMILES string of the molecule is CC.COc1ccc(-c2cnc3c(NCc4ccc(S(N)(=O)=O)cc4)nccn23)cc1C.